The molecule has 0 saturated heterocycles. The smallest absolute Gasteiger partial charge is 0.312 e. The van der Waals surface area contributed by atoms with Crippen molar-refractivity contribution in [3.8, 4) is 0 Å². The third-order valence-corrected chi connectivity index (χ3v) is 1.13. The molecular formula is C8H11F2NO. The highest BCUT2D eigenvalue weighted by molar-refractivity contribution is 6.00. The van der Waals surface area contributed by atoms with Crippen LogP contribution in [-0.2, 0) is 0 Å². The summed E-state index contributed by atoms with van der Waals surface area (Å²) >= 11 is 0. The van der Waals surface area contributed by atoms with Gasteiger partial charge < -0.3 is 5.11 Å². The van der Waals surface area contributed by atoms with E-state index in [1.54, 1.807) is 6.92 Å². The van der Waals surface area contributed by atoms with E-state index in [4.69, 9.17) is 5.11 Å². The molecule has 0 aromatic heterocycles. The molecule has 0 aliphatic rings. The van der Waals surface area contributed by atoms with Crippen LogP contribution >= 0.6 is 0 Å². The van der Waals surface area contributed by atoms with E-state index in [-0.39, 0.29) is 0 Å². The summed E-state index contributed by atoms with van der Waals surface area (Å²) < 4.78 is 25.3. The molecule has 0 aromatic rings. The standard InChI is InChI=1S/C8H11F2NO/c1-3-5-11-7(4-2)8(9,10)6-12/h3-5,12H,2,6H2,1H3/b5-3-,11-7?. The highest BCUT2D eigenvalue weighted by atomic mass is 19.3. The Kier molecular flexibility index (Phi) is 4.36. The van der Waals surface area contributed by atoms with Gasteiger partial charge in [-0.1, -0.05) is 12.7 Å². The molecule has 0 saturated carbocycles. The van der Waals surface area contributed by atoms with Gasteiger partial charge in [0.1, 0.15) is 12.3 Å². The lowest BCUT2D eigenvalue weighted by molar-refractivity contribution is 0.0148. The molecule has 0 atom stereocenters. The number of aliphatic hydroxyl groups is 1. The van der Waals surface area contributed by atoms with Crippen molar-refractivity contribution in [3.63, 3.8) is 0 Å². The van der Waals surface area contributed by atoms with Crippen LogP contribution in [0.2, 0.25) is 0 Å². The second kappa shape index (κ2) is 4.77. The van der Waals surface area contributed by atoms with Crippen molar-refractivity contribution >= 4 is 5.71 Å². The fourth-order valence-electron chi connectivity index (χ4n) is 0.532. The van der Waals surface area contributed by atoms with E-state index in [0.717, 1.165) is 6.08 Å². The average molecular weight is 175 g/mol. The molecule has 0 radical (unpaired) electrons. The van der Waals surface area contributed by atoms with Crippen LogP contribution in [0.15, 0.2) is 29.9 Å². The summed E-state index contributed by atoms with van der Waals surface area (Å²) in [5.41, 5.74) is -0.525. The normalized spacial score (nSPS) is 13.8. The summed E-state index contributed by atoms with van der Waals surface area (Å²) in [5.74, 6) is -3.30. The number of aliphatic imine (C=N–C) groups is 1. The Morgan fingerprint density at radius 3 is 2.58 bits per heavy atom. The van der Waals surface area contributed by atoms with E-state index in [1.165, 1.54) is 12.3 Å². The number of nitrogens with zero attached hydrogens (tertiary/aromatic N) is 1. The number of halogens is 2. The van der Waals surface area contributed by atoms with Gasteiger partial charge >= 0.3 is 5.92 Å². The van der Waals surface area contributed by atoms with E-state index in [1.807, 2.05) is 0 Å². The van der Waals surface area contributed by atoms with Gasteiger partial charge in [0.25, 0.3) is 0 Å². The van der Waals surface area contributed by atoms with Crippen molar-refractivity contribution in [2.45, 2.75) is 12.8 Å². The second-order valence-electron chi connectivity index (χ2n) is 2.06. The Morgan fingerprint density at radius 2 is 2.25 bits per heavy atom. The summed E-state index contributed by atoms with van der Waals surface area (Å²) in [6.07, 6.45) is 3.66. The number of hydrogen-bond donors (Lipinski definition) is 1. The first kappa shape index (κ1) is 11.0. The van der Waals surface area contributed by atoms with Crippen LogP contribution in [0.25, 0.3) is 0 Å². The molecule has 0 fully saturated rings. The van der Waals surface area contributed by atoms with Crippen LogP contribution in [0.5, 0.6) is 0 Å². The summed E-state index contributed by atoms with van der Waals surface area (Å²) in [6, 6.07) is 0. The van der Waals surface area contributed by atoms with Gasteiger partial charge in [-0.3, -0.25) is 4.99 Å². The predicted molar refractivity (Wildman–Crippen MR) is 44.5 cm³/mol. The quantitative estimate of drug-likeness (QED) is 0.649. The zero-order chi connectivity index (χ0) is 9.61. The number of aliphatic hydroxyl groups excluding tert-OH is 1. The molecule has 2 nitrogen and oxygen atoms in total. The maximum absolute atomic E-state index is 12.7. The molecule has 0 bridgehead atoms. The zero-order valence-electron chi connectivity index (χ0n) is 6.80. The number of hydrogen-bond acceptors (Lipinski definition) is 2. The molecule has 0 aliphatic carbocycles. The van der Waals surface area contributed by atoms with Crippen molar-refractivity contribution in [2.24, 2.45) is 4.99 Å². The lowest BCUT2D eigenvalue weighted by Gasteiger charge is -2.11. The zero-order valence-corrected chi connectivity index (χ0v) is 6.80. The second-order valence-corrected chi connectivity index (χ2v) is 2.06. The van der Waals surface area contributed by atoms with E-state index in [0.29, 0.717) is 0 Å². The molecule has 0 unspecified atom stereocenters. The lowest BCUT2D eigenvalue weighted by Crippen LogP contribution is -2.31. The minimum absolute atomic E-state index is 0.525. The van der Waals surface area contributed by atoms with Gasteiger partial charge in [-0.15, -0.1) is 0 Å². The Morgan fingerprint density at radius 1 is 1.67 bits per heavy atom. The molecule has 0 heterocycles. The highest BCUT2D eigenvalue weighted by Crippen LogP contribution is 2.15. The summed E-state index contributed by atoms with van der Waals surface area (Å²) in [4.78, 5) is 3.41. The Bertz CT molecular complexity index is 209. The summed E-state index contributed by atoms with van der Waals surface area (Å²) in [5, 5.41) is 8.29. The first-order chi connectivity index (χ1) is 5.58. The van der Waals surface area contributed by atoms with Crippen molar-refractivity contribution in [1.29, 1.82) is 0 Å². The molecule has 0 spiro atoms. The van der Waals surface area contributed by atoms with Crippen molar-refractivity contribution in [2.75, 3.05) is 6.61 Å². The Hall–Kier alpha value is -1.03. The molecule has 12 heavy (non-hydrogen) atoms. The van der Waals surface area contributed by atoms with E-state index in [2.05, 4.69) is 11.6 Å². The van der Waals surface area contributed by atoms with Gasteiger partial charge in [-0.25, -0.2) is 0 Å². The maximum Gasteiger partial charge on any atom is 0.312 e. The van der Waals surface area contributed by atoms with Crippen LogP contribution in [0, 0.1) is 0 Å². The minimum atomic E-state index is -3.30. The average Bonchev–Trinajstić information content (AvgIpc) is 2.05. The number of allylic oxidation sites excluding steroid dienone is 2. The first-order valence-electron chi connectivity index (χ1n) is 3.39. The summed E-state index contributed by atoms with van der Waals surface area (Å²) in [6.45, 7) is 3.57. The SMILES string of the molecule is C=CC(=N/C=C\C)C(F)(F)CO. The molecule has 68 valence electrons. The van der Waals surface area contributed by atoms with Gasteiger partial charge in [0.15, 0.2) is 0 Å². The minimum Gasteiger partial charge on any atom is -0.390 e. The van der Waals surface area contributed by atoms with Gasteiger partial charge in [0.2, 0.25) is 0 Å². The third kappa shape index (κ3) is 2.92. The maximum atomic E-state index is 12.7. The molecule has 0 amide bonds. The van der Waals surface area contributed by atoms with Gasteiger partial charge in [-0.2, -0.15) is 8.78 Å². The van der Waals surface area contributed by atoms with Crippen molar-refractivity contribution in [3.05, 3.63) is 24.9 Å². The van der Waals surface area contributed by atoms with Crippen molar-refractivity contribution in [1.82, 2.24) is 0 Å². The van der Waals surface area contributed by atoms with E-state index >= 15 is 0 Å². The molecule has 4 heteroatoms. The topological polar surface area (TPSA) is 32.6 Å². The highest BCUT2D eigenvalue weighted by Gasteiger charge is 2.32. The third-order valence-electron chi connectivity index (χ3n) is 1.13. The largest absolute Gasteiger partial charge is 0.390 e. The predicted octanol–water partition coefficient (Wildman–Crippen LogP) is 1.77. The lowest BCUT2D eigenvalue weighted by atomic mass is 10.2. The van der Waals surface area contributed by atoms with Gasteiger partial charge in [0.05, 0.1) is 0 Å². The molecule has 0 rings (SSSR count). The molecule has 0 aliphatic heterocycles. The Balaban J connectivity index is 4.65. The fraction of sp³-hybridized carbons (Fsp3) is 0.375. The van der Waals surface area contributed by atoms with Gasteiger partial charge in [0, 0.05) is 6.20 Å². The summed E-state index contributed by atoms with van der Waals surface area (Å²) in [7, 11) is 0. The van der Waals surface area contributed by atoms with Crippen LogP contribution < -0.4 is 0 Å². The van der Waals surface area contributed by atoms with Crippen LogP contribution in [0.4, 0.5) is 8.78 Å². The fourth-order valence-corrected chi connectivity index (χ4v) is 0.532. The van der Waals surface area contributed by atoms with E-state index < -0.39 is 18.2 Å². The van der Waals surface area contributed by atoms with Crippen molar-refractivity contribution < 1.29 is 13.9 Å². The number of alkyl halides is 2. The van der Waals surface area contributed by atoms with Gasteiger partial charge in [-0.05, 0) is 13.0 Å². The first-order valence-corrected chi connectivity index (χ1v) is 3.39. The van der Waals surface area contributed by atoms with Crippen LogP contribution in [0.1, 0.15) is 6.92 Å². The van der Waals surface area contributed by atoms with Crippen LogP contribution in [-0.4, -0.2) is 23.3 Å². The number of rotatable bonds is 4. The Labute approximate surface area is 69.9 Å². The molecular weight excluding hydrogens is 164 g/mol. The monoisotopic (exact) mass is 175 g/mol. The molecule has 0 aromatic carbocycles. The molecule has 1 N–H and O–H groups in total. The van der Waals surface area contributed by atoms with Crippen LogP contribution in [0.3, 0.4) is 0 Å². The van der Waals surface area contributed by atoms with E-state index in [9.17, 15) is 8.78 Å².